The highest BCUT2D eigenvalue weighted by Gasteiger charge is 2.06. The fraction of sp³-hybridized carbons (Fsp3) is 0. The summed E-state index contributed by atoms with van der Waals surface area (Å²) >= 11 is 8.47. The van der Waals surface area contributed by atoms with Crippen LogP contribution in [0.3, 0.4) is 0 Å². The van der Waals surface area contributed by atoms with E-state index < -0.39 is 0 Å². The van der Waals surface area contributed by atoms with Gasteiger partial charge in [0.05, 0.1) is 11.0 Å². The van der Waals surface area contributed by atoms with Crippen molar-refractivity contribution < 1.29 is 4.42 Å². The van der Waals surface area contributed by atoms with E-state index in [2.05, 4.69) is 22.6 Å². The molecule has 0 amide bonds. The molecule has 0 aliphatic carbocycles. The van der Waals surface area contributed by atoms with E-state index in [0.29, 0.717) is 5.02 Å². The van der Waals surface area contributed by atoms with Gasteiger partial charge in [0, 0.05) is 25.6 Å². The number of rotatable bonds is 2. The third-order valence-corrected chi connectivity index (χ3v) is 4.79. The van der Waals surface area contributed by atoms with Gasteiger partial charge in [0.1, 0.15) is 11.3 Å². The van der Waals surface area contributed by atoms with Crippen molar-refractivity contribution in [3.05, 3.63) is 92.8 Å². The molecule has 0 aliphatic heterocycles. The number of fused-ring (bicyclic) bond motifs is 1. The summed E-state index contributed by atoms with van der Waals surface area (Å²) in [6.45, 7) is 0. The molecule has 0 saturated heterocycles. The van der Waals surface area contributed by atoms with Gasteiger partial charge in [-0.2, -0.15) is 0 Å². The highest BCUT2D eigenvalue weighted by Crippen LogP contribution is 2.24. The maximum Gasteiger partial charge on any atom is 0.136 e. The van der Waals surface area contributed by atoms with Gasteiger partial charge >= 0.3 is 0 Å². The first-order valence-electron chi connectivity index (χ1n) is 7.78. The molecule has 3 aromatic carbocycles. The molecule has 0 saturated carbocycles. The van der Waals surface area contributed by atoms with E-state index in [9.17, 15) is 0 Å². The molecule has 1 heterocycles. The molecule has 25 heavy (non-hydrogen) atoms. The molecule has 0 aliphatic rings. The summed E-state index contributed by atoms with van der Waals surface area (Å²) in [4.78, 5) is 4.82. The number of hydrogen-bond donors (Lipinski definition) is 0. The van der Waals surface area contributed by atoms with Gasteiger partial charge in [-0.15, -0.1) is 0 Å². The molecule has 0 atom stereocenters. The summed E-state index contributed by atoms with van der Waals surface area (Å²) in [5, 5.41) is 2.39. The largest absolute Gasteiger partial charge is 0.456 e. The van der Waals surface area contributed by atoms with Crippen LogP contribution >= 0.6 is 34.2 Å². The smallest absolute Gasteiger partial charge is 0.136 e. The lowest BCUT2D eigenvalue weighted by Gasteiger charge is -2.05. The zero-order valence-corrected chi connectivity index (χ0v) is 16.0. The number of benzene rings is 3. The van der Waals surface area contributed by atoms with Crippen molar-refractivity contribution in [3.8, 4) is 11.3 Å². The van der Waals surface area contributed by atoms with E-state index in [0.717, 1.165) is 33.3 Å². The molecule has 4 rings (SSSR count). The Labute approximate surface area is 163 Å². The Morgan fingerprint density at radius 1 is 0.840 bits per heavy atom. The van der Waals surface area contributed by atoms with Crippen LogP contribution in [0.1, 0.15) is 0 Å². The summed E-state index contributed by atoms with van der Waals surface area (Å²) in [5.41, 5.74) is 2.67. The molecule has 0 bridgehead atoms. The molecule has 4 aromatic rings. The van der Waals surface area contributed by atoms with Crippen LogP contribution in [0.25, 0.3) is 22.3 Å². The van der Waals surface area contributed by atoms with Gasteiger partial charge in [-0.25, -0.2) is 4.99 Å². The van der Waals surface area contributed by atoms with Gasteiger partial charge in [0.15, 0.2) is 0 Å². The van der Waals surface area contributed by atoms with E-state index >= 15 is 0 Å². The molecule has 0 fully saturated rings. The summed E-state index contributed by atoms with van der Waals surface area (Å²) in [6, 6.07) is 25.7. The molecule has 1 aromatic heterocycles. The summed E-state index contributed by atoms with van der Waals surface area (Å²) in [7, 11) is 0. The summed E-state index contributed by atoms with van der Waals surface area (Å²) < 4.78 is 7.26. The highest BCUT2D eigenvalue weighted by atomic mass is 127. The Balaban J connectivity index is 2.00. The summed E-state index contributed by atoms with van der Waals surface area (Å²) in [6.07, 6.45) is 0. The maximum atomic E-state index is 6.19. The molecule has 4 heteroatoms. The average Bonchev–Trinajstić information content (AvgIpc) is 2.64. The van der Waals surface area contributed by atoms with Crippen molar-refractivity contribution in [2.75, 3.05) is 0 Å². The SMILES string of the molecule is Clc1ccc2oc(-c3ccccc3)cc(=Nc3ccc(I)cc3)c2c1. The lowest BCUT2D eigenvalue weighted by Crippen LogP contribution is -2.03. The second-order valence-electron chi connectivity index (χ2n) is 5.59. The third kappa shape index (κ3) is 3.62. The Bertz CT molecular complexity index is 1100. The van der Waals surface area contributed by atoms with E-state index in [-0.39, 0.29) is 0 Å². The van der Waals surface area contributed by atoms with Crippen LogP contribution in [-0.4, -0.2) is 0 Å². The van der Waals surface area contributed by atoms with Crippen LogP contribution in [-0.2, 0) is 0 Å². The van der Waals surface area contributed by atoms with Crippen molar-refractivity contribution >= 4 is 50.8 Å². The van der Waals surface area contributed by atoms with Crippen LogP contribution < -0.4 is 5.36 Å². The van der Waals surface area contributed by atoms with Crippen LogP contribution in [0.15, 0.2) is 88.3 Å². The Morgan fingerprint density at radius 2 is 1.60 bits per heavy atom. The molecule has 2 nitrogen and oxygen atoms in total. The molecule has 122 valence electrons. The molecule has 0 radical (unpaired) electrons. The van der Waals surface area contributed by atoms with Gasteiger partial charge in [-0.05, 0) is 65.1 Å². The zero-order valence-electron chi connectivity index (χ0n) is 13.1. The second-order valence-corrected chi connectivity index (χ2v) is 7.27. The number of hydrogen-bond acceptors (Lipinski definition) is 2. The van der Waals surface area contributed by atoms with Crippen molar-refractivity contribution in [2.24, 2.45) is 4.99 Å². The second kappa shape index (κ2) is 7.02. The minimum Gasteiger partial charge on any atom is -0.456 e. The third-order valence-electron chi connectivity index (χ3n) is 3.84. The quantitative estimate of drug-likeness (QED) is 0.312. The molecular weight excluding hydrogens is 445 g/mol. The van der Waals surface area contributed by atoms with Gasteiger partial charge < -0.3 is 4.42 Å². The summed E-state index contributed by atoms with van der Waals surface area (Å²) in [5.74, 6) is 0.777. The normalized spacial score (nSPS) is 11.8. The predicted octanol–water partition coefficient (Wildman–Crippen LogP) is 6.59. The predicted molar refractivity (Wildman–Crippen MR) is 111 cm³/mol. The van der Waals surface area contributed by atoms with Gasteiger partial charge in [-0.1, -0.05) is 41.9 Å². The Morgan fingerprint density at radius 3 is 2.36 bits per heavy atom. The molecular formula is C21H13ClINO. The fourth-order valence-corrected chi connectivity index (χ4v) is 3.16. The van der Waals surface area contributed by atoms with Crippen molar-refractivity contribution in [1.29, 1.82) is 0 Å². The first-order valence-corrected chi connectivity index (χ1v) is 9.24. The maximum absolute atomic E-state index is 6.19. The van der Waals surface area contributed by atoms with Gasteiger partial charge in [0.25, 0.3) is 0 Å². The topological polar surface area (TPSA) is 25.5 Å². The molecule has 0 unspecified atom stereocenters. The zero-order chi connectivity index (χ0) is 17.2. The standard InChI is InChI=1S/C21H13ClINO/c22-15-6-11-20-18(12-15)19(24-17-9-7-16(23)8-10-17)13-21(25-20)14-4-2-1-3-5-14/h1-13H. The average molecular weight is 458 g/mol. The lowest BCUT2D eigenvalue weighted by molar-refractivity contribution is 0.618. The minimum atomic E-state index is 0.661. The van der Waals surface area contributed by atoms with E-state index in [1.807, 2.05) is 78.9 Å². The van der Waals surface area contributed by atoms with Crippen LogP contribution in [0.5, 0.6) is 0 Å². The van der Waals surface area contributed by atoms with Crippen LogP contribution in [0, 0.1) is 3.57 Å². The first kappa shape index (κ1) is 16.4. The first-order chi connectivity index (χ1) is 12.2. The number of halogens is 2. The Hall–Kier alpha value is -2.11. The minimum absolute atomic E-state index is 0.661. The van der Waals surface area contributed by atoms with Gasteiger partial charge in [-0.3, -0.25) is 0 Å². The van der Waals surface area contributed by atoms with E-state index in [1.165, 1.54) is 3.57 Å². The number of nitrogens with zero attached hydrogens (tertiary/aromatic N) is 1. The van der Waals surface area contributed by atoms with E-state index in [1.54, 1.807) is 0 Å². The molecule has 0 N–H and O–H groups in total. The van der Waals surface area contributed by atoms with Crippen molar-refractivity contribution in [3.63, 3.8) is 0 Å². The van der Waals surface area contributed by atoms with E-state index in [4.69, 9.17) is 21.0 Å². The van der Waals surface area contributed by atoms with Gasteiger partial charge in [0.2, 0.25) is 0 Å². The van der Waals surface area contributed by atoms with Crippen LogP contribution in [0.4, 0.5) is 5.69 Å². The van der Waals surface area contributed by atoms with Crippen molar-refractivity contribution in [2.45, 2.75) is 0 Å². The highest BCUT2D eigenvalue weighted by molar-refractivity contribution is 14.1. The Kier molecular flexibility index (Phi) is 4.59. The molecule has 0 spiro atoms. The monoisotopic (exact) mass is 457 g/mol. The van der Waals surface area contributed by atoms with Crippen LogP contribution in [0.2, 0.25) is 5.02 Å². The van der Waals surface area contributed by atoms with Crippen molar-refractivity contribution in [1.82, 2.24) is 0 Å². The lowest BCUT2D eigenvalue weighted by atomic mass is 10.1. The fourth-order valence-electron chi connectivity index (χ4n) is 2.63.